The number of thiophene rings is 1. The molecule has 2 aromatic rings. The summed E-state index contributed by atoms with van der Waals surface area (Å²) in [6.07, 6.45) is 0.323. The number of benzene rings is 1. The van der Waals surface area contributed by atoms with Crippen LogP contribution in [0, 0.1) is 0 Å². The van der Waals surface area contributed by atoms with Crippen LogP contribution in [-0.4, -0.2) is 43.2 Å². The van der Waals surface area contributed by atoms with E-state index in [-0.39, 0.29) is 24.0 Å². The van der Waals surface area contributed by atoms with Gasteiger partial charge in [-0.1, -0.05) is 30.3 Å². The van der Waals surface area contributed by atoms with Crippen molar-refractivity contribution >= 4 is 41.3 Å². The Morgan fingerprint density at radius 2 is 2.11 bits per heavy atom. The Morgan fingerprint density at radius 1 is 1.25 bits per heavy atom. The predicted molar refractivity (Wildman–Crippen MR) is 129 cm³/mol. The van der Waals surface area contributed by atoms with Crippen molar-refractivity contribution in [3.8, 4) is 0 Å². The number of nitrogens with one attached hydrogen (secondary N) is 2. The molecule has 0 aliphatic carbocycles. The third kappa shape index (κ3) is 7.69. The fraction of sp³-hybridized carbons (Fsp3) is 0.476. The molecule has 1 aliphatic heterocycles. The molecule has 0 amide bonds. The van der Waals surface area contributed by atoms with Gasteiger partial charge in [0.05, 0.1) is 25.8 Å². The van der Waals surface area contributed by atoms with Crippen LogP contribution in [0.4, 0.5) is 0 Å². The van der Waals surface area contributed by atoms with Crippen LogP contribution >= 0.6 is 35.3 Å². The lowest BCUT2D eigenvalue weighted by atomic mass is 10.1. The summed E-state index contributed by atoms with van der Waals surface area (Å²) in [4.78, 5) is 8.52. The Morgan fingerprint density at radius 3 is 2.86 bits per heavy atom. The summed E-state index contributed by atoms with van der Waals surface area (Å²) >= 11 is 1.76. The zero-order chi connectivity index (χ0) is 18.9. The lowest BCUT2D eigenvalue weighted by Crippen LogP contribution is -2.40. The van der Waals surface area contributed by atoms with Crippen molar-refractivity contribution in [1.29, 1.82) is 0 Å². The fourth-order valence-electron chi connectivity index (χ4n) is 3.21. The molecule has 28 heavy (non-hydrogen) atoms. The molecule has 0 saturated carbocycles. The molecular formula is C21H31IN4OS. The lowest BCUT2D eigenvalue weighted by molar-refractivity contribution is -0.0212. The lowest BCUT2D eigenvalue weighted by Gasteiger charge is -2.31. The predicted octanol–water partition coefficient (Wildman–Crippen LogP) is 3.84. The Bertz CT molecular complexity index is 723. The molecule has 7 heteroatoms. The minimum atomic E-state index is 0. The van der Waals surface area contributed by atoms with Gasteiger partial charge in [0.25, 0.3) is 0 Å². The van der Waals surface area contributed by atoms with Gasteiger partial charge in [-0.3, -0.25) is 4.90 Å². The fourth-order valence-corrected chi connectivity index (χ4v) is 3.86. The Hall–Kier alpha value is -1.16. The first-order valence-electron chi connectivity index (χ1n) is 9.69. The summed E-state index contributed by atoms with van der Waals surface area (Å²) in [6.45, 7) is 10.4. The monoisotopic (exact) mass is 514 g/mol. The molecule has 1 aromatic heterocycles. The summed E-state index contributed by atoms with van der Waals surface area (Å²) in [5, 5.41) is 8.83. The van der Waals surface area contributed by atoms with Gasteiger partial charge in [0.1, 0.15) is 0 Å². The number of hydrogen-bond donors (Lipinski definition) is 2. The number of nitrogens with zero attached hydrogens (tertiary/aromatic N) is 2. The molecule has 1 saturated heterocycles. The Kier molecular flexibility index (Phi) is 10.3. The second kappa shape index (κ2) is 12.4. The zero-order valence-corrected chi connectivity index (χ0v) is 19.8. The van der Waals surface area contributed by atoms with Crippen molar-refractivity contribution in [1.82, 2.24) is 15.5 Å². The van der Waals surface area contributed by atoms with E-state index in [1.165, 1.54) is 16.0 Å². The third-order valence-corrected chi connectivity index (χ3v) is 5.37. The molecule has 5 nitrogen and oxygen atoms in total. The van der Waals surface area contributed by atoms with Gasteiger partial charge in [-0.2, -0.15) is 0 Å². The van der Waals surface area contributed by atoms with E-state index in [0.29, 0.717) is 12.6 Å². The third-order valence-electron chi connectivity index (χ3n) is 4.50. The molecule has 1 aliphatic rings. The summed E-state index contributed by atoms with van der Waals surface area (Å²) in [7, 11) is 0. The summed E-state index contributed by atoms with van der Waals surface area (Å²) < 4.78 is 5.63. The summed E-state index contributed by atoms with van der Waals surface area (Å²) in [5.41, 5.74) is 2.58. The second-order valence-corrected chi connectivity index (χ2v) is 7.90. The molecule has 0 spiro atoms. The Balaban J connectivity index is 0.00000280. The van der Waals surface area contributed by atoms with Crippen molar-refractivity contribution < 1.29 is 4.74 Å². The van der Waals surface area contributed by atoms with E-state index in [4.69, 9.17) is 9.73 Å². The van der Waals surface area contributed by atoms with Crippen LogP contribution in [0.25, 0.3) is 0 Å². The number of rotatable bonds is 7. The molecule has 154 valence electrons. The highest BCUT2D eigenvalue weighted by molar-refractivity contribution is 14.0. The van der Waals surface area contributed by atoms with Crippen LogP contribution in [0.3, 0.4) is 0 Å². The van der Waals surface area contributed by atoms with E-state index in [1.807, 2.05) is 0 Å². The summed E-state index contributed by atoms with van der Waals surface area (Å²) in [5.74, 6) is 0.860. The Labute approximate surface area is 189 Å². The minimum Gasteiger partial charge on any atom is -0.376 e. The van der Waals surface area contributed by atoms with Crippen molar-refractivity contribution in [2.45, 2.75) is 39.6 Å². The quantitative estimate of drug-likeness (QED) is 0.335. The first-order valence-corrected chi connectivity index (χ1v) is 10.6. The number of morpholine rings is 1. The van der Waals surface area contributed by atoms with Gasteiger partial charge >= 0.3 is 0 Å². The topological polar surface area (TPSA) is 48.9 Å². The standard InChI is InChI=1S/C21H30N4OS.HI/c1-3-22-21(24-14-20-8-5-11-27-20)23-13-18-6-4-7-19(12-18)16-25-9-10-26-17(2)15-25;/h4-8,11-12,17H,3,9-10,13-16H2,1-2H3,(H2,22,23,24);1H. The minimum absolute atomic E-state index is 0. The molecule has 1 atom stereocenters. The normalized spacial score (nSPS) is 17.8. The second-order valence-electron chi connectivity index (χ2n) is 6.86. The molecule has 3 rings (SSSR count). The molecule has 1 fully saturated rings. The van der Waals surface area contributed by atoms with Gasteiger partial charge < -0.3 is 15.4 Å². The van der Waals surface area contributed by atoms with Crippen molar-refractivity contribution in [3.05, 3.63) is 57.8 Å². The number of halogens is 1. The zero-order valence-electron chi connectivity index (χ0n) is 16.7. The number of guanidine groups is 1. The maximum Gasteiger partial charge on any atom is 0.191 e. The molecule has 2 N–H and O–H groups in total. The molecular weight excluding hydrogens is 483 g/mol. The van der Waals surface area contributed by atoms with Crippen LogP contribution in [0.5, 0.6) is 0 Å². The van der Waals surface area contributed by atoms with Gasteiger partial charge in [-0.05, 0) is 36.4 Å². The van der Waals surface area contributed by atoms with Crippen LogP contribution in [0.2, 0.25) is 0 Å². The molecule has 0 radical (unpaired) electrons. The molecule has 0 bridgehead atoms. The van der Waals surface area contributed by atoms with E-state index < -0.39 is 0 Å². The van der Waals surface area contributed by atoms with E-state index in [9.17, 15) is 0 Å². The van der Waals surface area contributed by atoms with E-state index in [1.54, 1.807) is 11.3 Å². The highest BCUT2D eigenvalue weighted by atomic mass is 127. The summed E-state index contributed by atoms with van der Waals surface area (Å²) in [6, 6.07) is 13.0. The smallest absolute Gasteiger partial charge is 0.191 e. The number of ether oxygens (including phenoxy) is 1. The maximum atomic E-state index is 5.63. The van der Waals surface area contributed by atoms with Gasteiger partial charge in [0.2, 0.25) is 0 Å². The largest absolute Gasteiger partial charge is 0.376 e. The van der Waals surface area contributed by atoms with Gasteiger partial charge in [0, 0.05) is 31.1 Å². The van der Waals surface area contributed by atoms with Gasteiger partial charge in [0.15, 0.2) is 5.96 Å². The van der Waals surface area contributed by atoms with Crippen LogP contribution in [-0.2, 0) is 24.4 Å². The number of aliphatic imine (C=N–C) groups is 1. The first-order chi connectivity index (χ1) is 13.2. The van der Waals surface area contributed by atoms with E-state index >= 15 is 0 Å². The van der Waals surface area contributed by atoms with Crippen molar-refractivity contribution in [2.24, 2.45) is 4.99 Å². The van der Waals surface area contributed by atoms with Crippen molar-refractivity contribution in [2.75, 3.05) is 26.2 Å². The molecule has 1 aromatic carbocycles. The van der Waals surface area contributed by atoms with Gasteiger partial charge in [-0.25, -0.2) is 4.99 Å². The van der Waals surface area contributed by atoms with Gasteiger partial charge in [-0.15, -0.1) is 35.3 Å². The highest BCUT2D eigenvalue weighted by Gasteiger charge is 2.16. The van der Waals surface area contributed by atoms with Crippen molar-refractivity contribution in [3.63, 3.8) is 0 Å². The molecule has 1 unspecified atom stereocenters. The van der Waals surface area contributed by atoms with Crippen LogP contribution < -0.4 is 10.6 Å². The molecule has 2 heterocycles. The average Bonchev–Trinajstić information content (AvgIpc) is 3.18. The first kappa shape index (κ1) is 23.1. The van der Waals surface area contributed by atoms with E-state index in [0.717, 1.165) is 45.3 Å². The van der Waals surface area contributed by atoms with Crippen LogP contribution in [0.15, 0.2) is 46.8 Å². The average molecular weight is 514 g/mol. The number of hydrogen-bond acceptors (Lipinski definition) is 4. The highest BCUT2D eigenvalue weighted by Crippen LogP contribution is 2.13. The maximum absolute atomic E-state index is 5.63. The SMILES string of the molecule is CCNC(=NCc1cccc(CN2CCOC(C)C2)c1)NCc1cccs1.I. The van der Waals surface area contributed by atoms with E-state index in [2.05, 4.69) is 71.2 Å². The van der Waals surface area contributed by atoms with Crippen LogP contribution in [0.1, 0.15) is 29.9 Å².